The van der Waals surface area contributed by atoms with Gasteiger partial charge in [-0.15, -0.1) is 0 Å². The summed E-state index contributed by atoms with van der Waals surface area (Å²) in [7, 11) is 1.67. The highest BCUT2D eigenvalue weighted by molar-refractivity contribution is 9.10. The molecule has 0 radical (unpaired) electrons. The molecule has 2 aromatic rings. The zero-order valence-corrected chi connectivity index (χ0v) is 14.6. The number of nitrogens with zero attached hydrogens (tertiary/aromatic N) is 2. The number of aromatic nitrogens is 2. The van der Waals surface area contributed by atoms with E-state index in [2.05, 4.69) is 51.1 Å². The van der Waals surface area contributed by atoms with Crippen LogP contribution in [-0.4, -0.2) is 17.1 Å². The molecule has 0 bridgehead atoms. The van der Waals surface area contributed by atoms with Crippen LogP contribution in [0.3, 0.4) is 0 Å². The summed E-state index contributed by atoms with van der Waals surface area (Å²) in [6, 6.07) is 6.08. The van der Waals surface area contributed by atoms with E-state index in [1.54, 1.807) is 7.11 Å². The number of ether oxygens (including phenoxy) is 1. The molecular weight excluding hydrogens is 330 g/mol. The van der Waals surface area contributed by atoms with Gasteiger partial charge in [-0.3, -0.25) is 0 Å². The van der Waals surface area contributed by atoms with Gasteiger partial charge in [0.25, 0.3) is 0 Å². The quantitative estimate of drug-likeness (QED) is 0.866. The van der Waals surface area contributed by atoms with Gasteiger partial charge in [-0.25, -0.2) is 9.97 Å². The first-order chi connectivity index (χ1) is 9.90. The van der Waals surface area contributed by atoms with Crippen molar-refractivity contribution in [3.8, 4) is 5.75 Å². The van der Waals surface area contributed by atoms with E-state index in [-0.39, 0.29) is 0 Å². The Kier molecular flexibility index (Phi) is 4.83. The van der Waals surface area contributed by atoms with Gasteiger partial charge in [0, 0.05) is 15.9 Å². The van der Waals surface area contributed by atoms with Crippen LogP contribution in [0, 0.1) is 13.8 Å². The molecule has 0 unspecified atom stereocenters. The second-order valence-corrected chi connectivity index (χ2v) is 6.19. The van der Waals surface area contributed by atoms with Gasteiger partial charge in [-0.2, -0.15) is 0 Å². The number of anilines is 2. The van der Waals surface area contributed by atoms with Gasteiger partial charge in [0.15, 0.2) is 0 Å². The lowest BCUT2D eigenvalue weighted by atomic mass is 10.0. The van der Waals surface area contributed by atoms with E-state index >= 15 is 0 Å². The van der Waals surface area contributed by atoms with Crippen molar-refractivity contribution in [2.45, 2.75) is 33.6 Å². The highest BCUT2D eigenvalue weighted by atomic mass is 79.9. The second kappa shape index (κ2) is 6.43. The molecule has 0 aliphatic carbocycles. The lowest BCUT2D eigenvalue weighted by molar-refractivity contribution is 0.415. The Morgan fingerprint density at radius 1 is 1.10 bits per heavy atom. The number of rotatable bonds is 4. The summed E-state index contributed by atoms with van der Waals surface area (Å²) in [6.07, 6.45) is 0. The van der Waals surface area contributed by atoms with E-state index in [1.165, 1.54) is 5.56 Å². The molecule has 0 aliphatic heterocycles. The second-order valence-electron chi connectivity index (χ2n) is 5.33. The zero-order chi connectivity index (χ0) is 15.6. The first-order valence-corrected chi connectivity index (χ1v) is 7.66. The van der Waals surface area contributed by atoms with Crippen molar-refractivity contribution in [1.82, 2.24) is 9.97 Å². The predicted molar refractivity (Wildman–Crippen MR) is 89.6 cm³/mol. The Balaban J connectivity index is 2.43. The lowest BCUT2D eigenvalue weighted by Gasteiger charge is -2.16. The summed E-state index contributed by atoms with van der Waals surface area (Å²) in [5.74, 6) is 1.78. The van der Waals surface area contributed by atoms with Crippen molar-refractivity contribution >= 4 is 27.6 Å². The Morgan fingerprint density at radius 2 is 1.71 bits per heavy atom. The summed E-state index contributed by atoms with van der Waals surface area (Å²) in [6.45, 7) is 8.21. The van der Waals surface area contributed by atoms with Crippen molar-refractivity contribution in [3.63, 3.8) is 0 Å². The minimum Gasteiger partial charge on any atom is -0.495 e. The topological polar surface area (TPSA) is 47.0 Å². The maximum absolute atomic E-state index is 5.50. The first-order valence-electron chi connectivity index (χ1n) is 6.87. The lowest BCUT2D eigenvalue weighted by Crippen LogP contribution is -2.03. The van der Waals surface area contributed by atoms with E-state index in [0.29, 0.717) is 11.9 Å². The molecule has 1 aromatic carbocycles. The van der Waals surface area contributed by atoms with Gasteiger partial charge >= 0.3 is 0 Å². The molecule has 0 amide bonds. The fourth-order valence-corrected chi connectivity index (χ4v) is 2.67. The van der Waals surface area contributed by atoms with E-state index in [9.17, 15) is 0 Å². The highest BCUT2D eigenvalue weighted by Gasteiger charge is 2.13. The third-order valence-corrected chi connectivity index (χ3v) is 3.81. The van der Waals surface area contributed by atoms with Gasteiger partial charge in [-0.1, -0.05) is 13.8 Å². The number of hydrogen-bond donors (Lipinski definition) is 1. The summed E-state index contributed by atoms with van der Waals surface area (Å²) < 4.78 is 6.44. The molecule has 112 valence electrons. The summed E-state index contributed by atoms with van der Waals surface area (Å²) in [5.41, 5.74) is 3.91. The Bertz CT molecular complexity index is 636. The number of hydrogen-bond acceptors (Lipinski definition) is 4. The summed E-state index contributed by atoms with van der Waals surface area (Å²) >= 11 is 3.60. The van der Waals surface area contributed by atoms with Crippen molar-refractivity contribution in [2.75, 3.05) is 12.4 Å². The molecule has 1 N–H and O–H groups in total. The highest BCUT2D eigenvalue weighted by Crippen LogP contribution is 2.37. The average Bonchev–Trinajstić information content (AvgIpc) is 2.39. The Labute approximate surface area is 134 Å². The number of halogens is 1. The van der Waals surface area contributed by atoms with Crippen molar-refractivity contribution < 1.29 is 4.74 Å². The summed E-state index contributed by atoms with van der Waals surface area (Å²) in [4.78, 5) is 8.81. The molecule has 0 saturated carbocycles. The normalized spacial score (nSPS) is 10.8. The molecule has 4 nitrogen and oxygen atoms in total. The molecule has 1 heterocycles. The first kappa shape index (κ1) is 15.8. The number of nitrogens with one attached hydrogen (secondary N) is 1. The van der Waals surface area contributed by atoms with Crippen LogP contribution in [0.25, 0.3) is 0 Å². The van der Waals surface area contributed by atoms with Crippen molar-refractivity contribution in [1.29, 1.82) is 0 Å². The van der Waals surface area contributed by atoms with Crippen molar-refractivity contribution in [2.24, 2.45) is 0 Å². The van der Waals surface area contributed by atoms with Crippen LogP contribution in [0.5, 0.6) is 5.75 Å². The SMILES string of the molecule is COc1cc(C(C)C)cc(Br)c1Nc1nc(C)cc(C)n1. The fraction of sp³-hybridized carbons (Fsp3) is 0.375. The summed E-state index contributed by atoms with van der Waals surface area (Å²) in [5, 5.41) is 3.25. The monoisotopic (exact) mass is 349 g/mol. The number of methoxy groups -OCH3 is 1. The smallest absolute Gasteiger partial charge is 0.227 e. The van der Waals surface area contributed by atoms with Crippen LogP contribution in [-0.2, 0) is 0 Å². The molecule has 0 aliphatic rings. The minimum absolute atomic E-state index is 0.432. The van der Waals surface area contributed by atoms with Gasteiger partial charge in [0.05, 0.1) is 12.8 Å². The van der Waals surface area contributed by atoms with Gasteiger partial charge in [0.2, 0.25) is 5.95 Å². The van der Waals surface area contributed by atoms with E-state index < -0.39 is 0 Å². The van der Waals surface area contributed by atoms with Crippen LogP contribution in [0.2, 0.25) is 0 Å². The molecule has 5 heteroatoms. The average molecular weight is 350 g/mol. The standard InChI is InChI=1S/C16H20BrN3O/c1-9(2)12-7-13(17)15(14(8-12)21-5)20-16-18-10(3)6-11(4)19-16/h6-9H,1-5H3,(H,18,19,20). The molecule has 0 saturated heterocycles. The van der Waals surface area contributed by atoms with Crippen LogP contribution >= 0.6 is 15.9 Å². The van der Waals surface area contributed by atoms with Gasteiger partial charge in [-0.05, 0) is 59.5 Å². The molecule has 0 spiro atoms. The molecular formula is C16H20BrN3O. The van der Waals surface area contributed by atoms with Crippen LogP contribution in [0.15, 0.2) is 22.7 Å². The molecule has 1 aromatic heterocycles. The maximum atomic E-state index is 5.50. The van der Waals surface area contributed by atoms with Gasteiger partial charge in [0.1, 0.15) is 5.75 Å². The number of benzene rings is 1. The van der Waals surface area contributed by atoms with Gasteiger partial charge < -0.3 is 10.1 Å². The Hall–Kier alpha value is -1.62. The largest absolute Gasteiger partial charge is 0.495 e. The van der Waals surface area contributed by atoms with E-state index in [4.69, 9.17) is 4.74 Å². The molecule has 0 atom stereocenters. The van der Waals surface area contributed by atoms with E-state index in [0.717, 1.165) is 27.3 Å². The third kappa shape index (κ3) is 3.73. The molecule has 0 fully saturated rings. The fourth-order valence-electron chi connectivity index (χ4n) is 2.11. The molecule has 2 rings (SSSR count). The zero-order valence-electron chi connectivity index (χ0n) is 13.0. The minimum atomic E-state index is 0.432. The maximum Gasteiger partial charge on any atom is 0.227 e. The van der Waals surface area contributed by atoms with Crippen LogP contribution in [0.4, 0.5) is 11.6 Å². The Morgan fingerprint density at radius 3 is 2.24 bits per heavy atom. The molecule has 21 heavy (non-hydrogen) atoms. The van der Waals surface area contributed by atoms with Crippen LogP contribution < -0.4 is 10.1 Å². The van der Waals surface area contributed by atoms with E-state index in [1.807, 2.05) is 26.0 Å². The van der Waals surface area contributed by atoms with Crippen molar-refractivity contribution in [3.05, 3.63) is 39.6 Å². The number of aryl methyl sites for hydroxylation is 2. The predicted octanol–water partition coefficient (Wildman–Crippen LogP) is 4.73. The van der Waals surface area contributed by atoms with Crippen LogP contribution in [0.1, 0.15) is 36.7 Å². The third-order valence-electron chi connectivity index (χ3n) is 3.18.